The van der Waals surface area contributed by atoms with Gasteiger partial charge < -0.3 is 14.2 Å². The third-order valence-corrected chi connectivity index (χ3v) is 7.76. The Morgan fingerprint density at radius 1 is 1.17 bits per heavy atom. The van der Waals surface area contributed by atoms with Crippen molar-refractivity contribution in [2.24, 2.45) is 30.7 Å². The van der Waals surface area contributed by atoms with E-state index in [9.17, 15) is 0 Å². The maximum Gasteiger partial charge on any atom is 0.243 e. The average Bonchev–Trinajstić information content (AvgIpc) is 2.97. The molecule has 8 atom stereocenters. The molecule has 1 aliphatic carbocycles. The molecule has 5 aliphatic rings. The monoisotopic (exact) mass is 407 g/mol. The summed E-state index contributed by atoms with van der Waals surface area (Å²) in [5.41, 5.74) is -0.507. The van der Waals surface area contributed by atoms with Crippen LogP contribution in [-0.2, 0) is 37.6 Å². The molecule has 0 aromatic carbocycles. The van der Waals surface area contributed by atoms with Crippen LogP contribution in [0.15, 0.2) is 18.7 Å². The van der Waals surface area contributed by atoms with Gasteiger partial charge in [-0.15, -0.1) is 0 Å². The lowest BCUT2D eigenvalue weighted by Crippen LogP contribution is -2.70. The Kier molecular flexibility index (Phi) is 5.02. The maximum absolute atomic E-state index is 6.45. The molecule has 1 aromatic heterocycles. The van der Waals surface area contributed by atoms with Crippen molar-refractivity contribution in [2.75, 3.05) is 6.61 Å². The fourth-order valence-electron chi connectivity index (χ4n) is 6.14. The van der Waals surface area contributed by atoms with Gasteiger partial charge in [0.25, 0.3) is 0 Å². The first kappa shape index (κ1) is 19.9. The molecule has 1 unspecified atom stereocenters. The molecule has 6 rings (SSSR count). The highest BCUT2D eigenvalue weighted by Gasteiger charge is 2.69. The van der Waals surface area contributed by atoms with Crippen LogP contribution in [0, 0.1) is 23.7 Å². The Morgan fingerprint density at radius 2 is 2.03 bits per heavy atom. The number of ether oxygens (including phenoxy) is 3. The maximum atomic E-state index is 6.45. The summed E-state index contributed by atoms with van der Waals surface area (Å²) in [6.07, 6.45) is 10.7. The zero-order valence-electron chi connectivity index (χ0n) is 18.1. The van der Waals surface area contributed by atoms with Crippen molar-refractivity contribution in [2.45, 2.75) is 83.4 Å². The fraction of sp³-hybridized carbons (Fsp3) is 0.864. The van der Waals surface area contributed by atoms with Crippen LogP contribution in [0.4, 0.5) is 0 Å². The van der Waals surface area contributed by atoms with E-state index in [1.165, 1.54) is 6.42 Å². The van der Waals surface area contributed by atoms with Gasteiger partial charge in [0.15, 0.2) is 18.2 Å². The smallest absolute Gasteiger partial charge is 0.243 e. The van der Waals surface area contributed by atoms with Crippen LogP contribution in [0.3, 0.4) is 0 Å². The van der Waals surface area contributed by atoms with E-state index in [2.05, 4.69) is 30.9 Å². The van der Waals surface area contributed by atoms with Crippen molar-refractivity contribution >= 4 is 0 Å². The molecular weight excluding hydrogens is 372 g/mol. The standard InChI is InChI=1S/C22H35N2O5/c1-15-6-7-18-16(2)19(25-13-5-10-24-12-11-23(4)14-24)26-20-22(18)17(15)8-9-21(3,27-20)28-29-22/h11-12,14-20H,5-10,13H2,1-4H3/q+1/t15-,16-,17+,18+,19+,20-,21?,22-/m1/s1. The van der Waals surface area contributed by atoms with Gasteiger partial charge in [0, 0.05) is 24.7 Å². The summed E-state index contributed by atoms with van der Waals surface area (Å²) in [5, 5.41) is 0. The number of fused-ring (bicyclic) bond motifs is 2. The summed E-state index contributed by atoms with van der Waals surface area (Å²) < 4.78 is 23.3. The van der Waals surface area contributed by atoms with Gasteiger partial charge in [-0.2, -0.15) is 0 Å². The quantitative estimate of drug-likeness (QED) is 0.427. The summed E-state index contributed by atoms with van der Waals surface area (Å²) >= 11 is 0. The van der Waals surface area contributed by atoms with Crippen LogP contribution in [0.2, 0.25) is 0 Å². The van der Waals surface area contributed by atoms with Crippen molar-refractivity contribution in [1.29, 1.82) is 0 Å². The summed E-state index contributed by atoms with van der Waals surface area (Å²) in [7, 11) is 2.03. The molecule has 0 N–H and O–H groups in total. The molecular formula is C22H35N2O5+. The number of hydrogen-bond acceptors (Lipinski definition) is 5. The second kappa shape index (κ2) is 7.31. The van der Waals surface area contributed by atoms with Gasteiger partial charge in [-0.05, 0) is 38.0 Å². The van der Waals surface area contributed by atoms with Crippen LogP contribution in [-0.4, -0.2) is 35.1 Å². The SMILES string of the molecule is C[C@H]1[C@@H](OCCCn2cc[n+](C)c2)O[C@@H]2OC3(C)CC[C@H]4[C@H](C)CC[C@@H]1[C@@]24OO3. The van der Waals surface area contributed by atoms with E-state index in [0.717, 1.165) is 32.2 Å². The first-order valence-corrected chi connectivity index (χ1v) is 11.2. The van der Waals surface area contributed by atoms with Gasteiger partial charge in [0.1, 0.15) is 12.4 Å². The molecule has 7 nitrogen and oxygen atoms in total. The molecule has 4 saturated heterocycles. The third-order valence-electron chi connectivity index (χ3n) is 7.76. The van der Waals surface area contributed by atoms with E-state index < -0.39 is 17.7 Å². The average molecular weight is 408 g/mol. The van der Waals surface area contributed by atoms with Gasteiger partial charge in [0.2, 0.25) is 12.1 Å². The number of aryl methyl sites for hydroxylation is 2. The van der Waals surface area contributed by atoms with Crippen LogP contribution < -0.4 is 4.57 Å². The molecule has 1 spiro atoms. The van der Waals surface area contributed by atoms with E-state index in [1.54, 1.807) is 0 Å². The largest absolute Gasteiger partial charge is 0.352 e. The van der Waals surface area contributed by atoms with Gasteiger partial charge in [-0.25, -0.2) is 18.9 Å². The highest BCUT2D eigenvalue weighted by atomic mass is 17.3. The van der Waals surface area contributed by atoms with Gasteiger partial charge in [0.05, 0.1) is 20.2 Å². The van der Waals surface area contributed by atoms with E-state index in [1.807, 2.05) is 24.7 Å². The Bertz CT molecular complexity index is 741. The molecule has 5 heterocycles. The molecule has 162 valence electrons. The first-order chi connectivity index (χ1) is 13.9. The molecule has 1 saturated carbocycles. The molecule has 5 fully saturated rings. The second-order valence-corrected chi connectivity index (χ2v) is 9.81. The van der Waals surface area contributed by atoms with Crippen molar-refractivity contribution in [3.05, 3.63) is 18.7 Å². The number of rotatable bonds is 5. The summed E-state index contributed by atoms with van der Waals surface area (Å²) in [4.78, 5) is 12.0. The summed E-state index contributed by atoms with van der Waals surface area (Å²) in [6, 6.07) is 0. The van der Waals surface area contributed by atoms with E-state index in [4.69, 9.17) is 24.0 Å². The van der Waals surface area contributed by atoms with Crippen molar-refractivity contribution in [3.63, 3.8) is 0 Å². The molecule has 1 aromatic rings. The predicted octanol–water partition coefficient (Wildman–Crippen LogP) is 2.93. The lowest BCUT2D eigenvalue weighted by Gasteiger charge is -2.60. The molecule has 0 amide bonds. The van der Waals surface area contributed by atoms with Crippen molar-refractivity contribution in [3.8, 4) is 0 Å². The molecule has 7 heteroatoms. The number of imidazole rings is 1. The lowest BCUT2D eigenvalue weighted by atomic mass is 9.58. The fourth-order valence-corrected chi connectivity index (χ4v) is 6.14. The lowest BCUT2D eigenvalue weighted by molar-refractivity contribution is -0.671. The van der Waals surface area contributed by atoms with Gasteiger partial charge >= 0.3 is 0 Å². The van der Waals surface area contributed by atoms with Crippen molar-refractivity contribution < 1.29 is 28.6 Å². The van der Waals surface area contributed by atoms with Crippen molar-refractivity contribution in [1.82, 2.24) is 4.57 Å². The van der Waals surface area contributed by atoms with Gasteiger partial charge in [-0.3, -0.25) is 0 Å². The van der Waals surface area contributed by atoms with E-state index in [-0.39, 0.29) is 12.2 Å². The summed E-state index contributed by atoms with van der Waals surface area (Å²) in [5.74, 6) is 0.803. The Morgan fingerprint density at radius 3 is 2.83 bits per heavy atom. The highest BCUT2D eigenvalue weighted by Crippen LogP contribution is 2.60. The first-order valence-electron chi connectivity index (χ1n) is 11.2. The van der Waals surface area contributed by atoms with E-state index in [0.29, 0.717) is 24.4 Å². The minimum atomic E-state index is -0.730. The Balaban J connectivity index is 1.29. The second-order valence-electron chi connectivity index (χ2n) is 9.81. The predicted molar refractivity (Wildman–Crippen MR) is 103 cm³/mol. The minimum Gasteiger partial charge on any atom is -0.352 e. The van der Waals surface area contributed by atoms with Crippen LogP contribution in [0.1, 0.15) is 52.9 Å². The van der Waals surface area contributed by atoms with E-state index >= 15 is 0 Å². The summed E-state index contributed by atoms with van der Waals surface area (Å²) in [6.45, 7) is 8.14. The molecule has 29 heavy (non-hydrogen) atoms. The van der Waals surface area contributed by atoms with Crippen LogP contribution in [0.5, 0.6) is 0 Å². The number of hydrogen-bond donors (Lipinski definition) is 0. The van der Waals surface area contributed by atoms with Gasteiger partial charge in [-0.1, -0.05) is 13.8 Å². The highest BCUT2D eigenvalue weighted by molar-refractivity contribution is 5.09. The van der Waals surface area contributed by atoms with Crippen LogP contribution >= 0.6 is 0 Å². The minimum absolute atomic E-state index is 0.236. The third kappa shape index (κ3) is 3.26. The molecule has 4 aliphatic heterocycles. The number of nitrogens with zero attached hydrogens (tertiary/aromatic N) is 2. The normalized spacial score (nSPS) is 46.3. The zero-order valence-corrected chi connectivity index (χ0v) is 18.1. The molecule has 0 radical (unpaired) electrons. The molecule has 2 bridgehead atoms. The number of aromatic nitrogens is 2. The van der Waals surface area contributed by atoms with Crippen LogP contribution in [0.25, 0.3) is 0 Å². The zero-order chi connectivity index (χ0) is 20.2. The Hall–Kier alpha value is -0.990. The topological polar surface area (TPSA) is 55.0 Å². The Labute approximate surface area is 173 Å².